The summed E-state index contributed by atoms with van der Waals surface area (Å²) in [4.78, 5) is 4.36. The van der Waals surface area contributed by atoms with Crippen LogP contribution < -0.4 is 0 Å². The maximum Gasteiger partial charge on any atom is 0.154 e. The Hall–Kier alpha value is -1.16. The Kier molecular flexibility index (Phi) is 9.31. The summed E-state index contributed by atoms with van der Waals surface area (Å²) < 4.78 is 39.6. The Bertz CT molecular complexity index is 1010. The van der Waals surface area contributed by atoms with Crippen molar-refractivity contribution >= 4 is 5.71 Å². The van der Waals surface area contributed by atoms with E-state index in [4.69, 9.17) is 28.4 Å². The number of hydrogen-bond donors (Lipinski definition) is 1. The van der Waals surface area contributed by atoms with E-state index in [9.17, 15) is 10.7 Å². The number of nitriles is 1. The summed E-state index contributed by atoms with van der Waals surface area (Å²) in [6, 6.07) is 1.58. The van der Waals surface area contributed by atoms with Gasteiger partial charge in [-0.3, -0.25) is 0 Å². The first-order valence-electron chi connectivity index (χ1n) is 16.6. The van der Waals surface area contributed by atoms with E-state index in [0.717, 1.165) is 25.7 Å². The van der Waals surface area contributed by atoms with Gasteiger partial charge in [0.15, 0.2) is 12.5 Å². The normalized spacial score (nSPS) is 48.9. The van der Waals surface area contributed by atoms with E-state index in [1.54, 1.807) is 0 Å². The molecule has 4 aliphatic heterocycles. The molecule has 10 heteroatoms. The van der Waals surface area contributed by atoms with Gasteiger partial charge in [0.1, 0.15) is 18.5 Å². The van der Waals surface area contributed by atoms with E-state index in [1.807, 2.05) is 27.7 Å². The molecule has 236 valence electrons. The van der Waals surface area contributed by atoms with E-state index in [2.05, 4.69) is 29.7 Å². The molecule has 10 nitrogen and oxygen atoms in total. The van der Waals surface area contributed by atoms with Gasteiger partial charge in [0.25, 0.3) is 0 Å². The van der Waals surface area contributed by atoms with Crippen molar-refractivity contribution in [2.24, 2.45) is 35.5 Å². The Morgan fingerprint density at radius 2 is 1.36 bits per heavy atom. The van der Waals surface area contributed by atoms with Crippen molar-refractivity contribution in [1.82, 2.24) is 9.80 Å². The molecule has 0 aromatic heterocycles. The molecule has 0 aromatic rings. The van der Waals surface area contributed by atoms with Crippen LogP contribution in [0.2, 0.25) is 0 Å². The van der Waals surface area contributed by atoms with E-state index in [0.29, 0.717) is 50.6 Å². The zero-order valence-electron chi connectivity index (χ0n) is 26.3. The molecule has 42 heavy (non-hydrogen) atoms. The van der Waals surface area contributed by atoms with Crippen LogP contribution in [-0.4, -0.2) is 104 Å². The molecule has 6 fully saturated rings. The highest BCUT2D eigenvalue weighted by Crippen LogP contribution is 2.53. The third-order valence-corrected chi connectivity index (χ3v) is 10.9. The third kappa shape index (κ3) is 5.16. The molecule has 15 atom stereocenters. The standard InChI is InChI=1S/C32H52N4O6/c1-7-37-15-20-10-17(4)12-22-27(20)41-31-32-36-26(24(14-33)35(31)29(22)39-9-3)25(34)19(6)40-30(36)23-13-18(5)11-21(16-38-8-2)28(23)42-32/h17-24,26-32,34H,7-13,15-16H2,1-6H3. The van der Waals surface area contributed by atoms with Crippen molar-refractivity contribution in [3.8, 4) is 6.07 Å². The molecular formula is C32H52N4O6. The lowest BCUT2D eigenvalue weighted by Crippen LogP contribution is -2.83. The van der Waals surface area contributed by atoms with Crippen LogP contribution >= 0.6 is 0 Å². The Balaban J connectivity index is 1.42. The van der Waals surface area contributed by atoms with Crippen LogP contribution in [0.4, 0.5) is 0 Å². The summed E-state index contributed by atoms with van der Waals surface area (Å²) in [6.45, 7) is 15.9. The van der Waals surface area contributed by atoms with Gasteiger partial charge in [0.2, 0.25) is 0 Å². The molecule has 1 N–H and O–H groups in total. The molecule has 0 spiro atoms. The molecule has 2 saturated carbocycles. The average molecular weight is 589 g/mol. The SMILES string of the molecule is CCOCC1CC(C)CC2C1OC1C3OC4C(COCC)CC(C)CC4C4OC(C)C(=N)C(C(C#N)N1C2OCC)N43. The van der Waals surface area contributed by atoms with Crippen LogP contribution in [0.15, 0.2) is 0 Å². The largest absolute Gasteiger partial charge is 0.381 e. The zero-order chi connectivity index (χ0) is 29.7. The molecule has 6 aliphatic rings. The third-order valence-electron chi connectivity index (χ3n) is 10.9. The topological polar surface area (TPSA) is 109 Å². The molecule has 2 aliphatic carbocycles. The summed E-state index contributed by atoms with van der Waals surface area (Å²) in [5.41, 5.74) is 0.432. The summed E-state index contributed by atoms with van der Waals surface area (Å²) in [6.07, 6.45) is 2.03. The first-order chi connectivity index (χ1) is 20.3. The minimum atomic E-state index is -0.604. The van der Waals surface area contributed by atoms with E-state index in [1.165, 1.54) is 0 Å². The van der Waals surface area contributed by atoms with Gasteiger partial charge in [-0.15, -0.1) is 0 Å². The van der Waals surface area contributed by atoms with Crippen molar-refractivity contribution in [3.63, 3.8) is 0 Å². The smallest absolute Gasteiger partial charge is 0.154 e. The number of piperazine rings is 1. The fraction of sp³-hybridized carbons (Fsp3) is 0.938. The number of fused-ring (bicyclic) bond motifs is 5. The summed E-state index contributed by atoms with van der Waals surface area (Å²) >= 11 is 0. The molecule has 6 rings (SSSR count). The van der Waals surface area contributed by atoms with E-state index < -0.39 is 24.5 Å². The monoisotopic (exact) mass is 588 g/mol. The molecule has 4 heterocycles. The van der Waals surface area contributed by atoms with Crippen LogP contribution in [0.5, 0.6) is 0 Å². The van der Waals surface area contributed by atoms with Gasteiger partial charge >= 0.3 is 0 Å². The van der Waals surface area contributed by atoms with Crippen LogP contribution in [0.3, 0.4) is 0 Å². The second-order valence-electron chi connectivity index (χ2n) is 13.7. The first kappa shape index (κ1) is 30.8. The number of nitrogens with zero attached hydrogens (tertiary/aromatic N) is 3. The molecule has 15 unspecified atom stereocenters. The number of hydrogen-bond acceptors (Lipinski definition) is 10. The van der Waals surface area contributed by atoms with Crippen molar-refractivity contribution in [1.29, 1.82) is 10.7 Å². The van der Waals surface area contributed by atoms with Crippen molar-refractivity contribution in [2.45, 2.75) is 123 Å². The lowest BCUT2D eigenvalue weighted by Gasteiger charge is -2.67. The van der Waals surface area contributed by atoms with Crippen molar-refractivity contribution < 1.29 is 28.4 Å². The van der Waals surface area contributed by atoms with Gasteiger partial charge in [-0.1, -0.05) is 13.8 Å². The molecule has 0 amide bonds. The maximum absolute atomic E-state index is 10.8. The average Bonchev–Trinajstić information content (AvgIpc) is 2.97. The summed E-state index contributed by atoms with van der Waals surface area (Å²) in [5, 5.41) is 20.0. The summed E-state index contributed by atoms with van der Waals surface area (Å²) in [7, 11) is 0. The minimum Gasteiger partial charge on any atom is -0.381 e. The maximum atomic E-state index is 10.8. The highest BCUT2D eigenvalue weighted by atomic mass is 16.6. The van der Waals surface area contributed by atoms with Crippen LogP contribution in [0, 0.1) is 52.2 Å². The predicted molar refractivity (Wildman–Crippen MR) is 155 cm³/mol. The van der Waals surface area contributed by atoms with E-state index >= 15 is 0 Å². The first-order valence-corrected chi connectivity index (χ1v) is 16.6. The molecule has 4 saturated heterocycles. The van der Waals surface area contributed by atoms with Crippen LogP contribution in [-0.2, 0) is 28.4 Å². The highest BCUT2D eigenvalue weighted by molar-refractivity contribution is 5.92. The lowest BCUT2D eigenvalue weighted by atomic mass is 9.69. The Labute approximate surface area is 251 Å². The second-order valence-corrected chi connectivity index (χ2v) is 13.7. The zero-order valence-corrected chi connectivity index (χ0v) is 26.3. The highest BCUT2D eigenvalue weighted by Gasteiger charge is 2.66. The molecular weight excluding hydrogens is 536 g/mol. The Morgan fingerprint density at radius 3 is 1.93 bits per heavy atom. The summed E-state index contributed by atoms with van der Waals surface area (Å²) in [5.74, 6) is 1.76. The quantitative estimate of drug-likeness (QED) is 0.452. The van der Waals surface area contributed by atoms with Gasteiger partial charge < -0.3 is 33.8 Å². The van der Waals surface area contributed by atoms with E-state index in [-0.39, 0.29) is 54.4 Å². The van der Waals surface area contributed by atoms with Gasteiger partial charge in [-0.2, -0.15) is 5.26 Å². The van der Waals surface area contributed by atoms with Gasteiger partial charge in [-0.05, 0) is 65.2 Å². The Morgan fingerprint density at radius 1 is 0.786 bits per heavy atom. The molecule has 0 aromatic carbocycles. The number of ether oxygens (including phenoxy) is 6. The molecule has 0 bridgehead atoms. The fourth-order valence-corrected chi connectivity index (χ4v) is 9.36. The van der Waals surface area contributed by atoms with Gasteiger partial charge in [0, 0.05) is 43.5 Å². The molecule has 0 radical (unpaired) electrons. The van der Waals surface area contributed by atoms with Crippen molar-refractivity contribution in [2.75, 3.05) is 33.0 Å². The van der Waals surface area contributed by atoms with Gasteiger partial charge in [0.05, 0.1) is 49.3 Å². The minimum absolute atomic E-state index is 0.0444. The number of nitrogens with one attached hydrogen (secondary N) is 1. The fourth-order valence-electron chi connectivity index (χ4n) is 9.36. The lowest BCUT2D eigenvalue weighted by molar-refractivity contribution is -0.397. The van der Waals surface area contributed by atoms with Crippen molar-refractivity contribution in [3.05, 3.63) is 0 Å². The number of rotatable bonds is 8. The predicted octanol–water partition coefficient (Wildman–Crippen LogP) is 3.84. The second kappa shape index (κ2) is 12.7. The van der Waals surface area contributed by atoms with Gasteiger partial charge in [-0.25, -0.2) is 9.80 Å². The van der Waals surface area contributed by atoms with Crippen LogP contribution in [0.1, 0.15) is 67.2 Å². The van der Waals surface area contributed by atoms with Crippen LogP contribution in [0.25, 0.3) is 0 Å².